The van der Waals surface area contributed by atoms with Gasteiger partial charge >= 0.3 is 0 Å². The van der Waals surface area contributed by atoms with Gasteiger partial charge in [0.15, 0.2) is 0 Å². The number of para-hydroxylation sites is 1. The molecule has 0 saturated carbocycles. The van der Waals surface area contributed by atoms with Gasteiger partial charge in [0.05, 0.1) is 30.9 Å². The Kier molecular flexibility index (Phi) is 6.73. The molecule has 1 fully saturated rings. The standard InChI is InChI=1S/C29H30N4O4S/c1-36-26-11-5-3-8-22(26)19-28-30-25-13-14-33(20-24(25)29(31-28)32-15-17-37-18-16-32)38(34,35)27-12-6-9-21-7-2-4-10-23(21)27/h2-12H,13-20H2,1H3. The van der Waals surface area contributed by atoms with Crippen LogP contribution in [0.3, 0.4) is 0 Å². The maximum absolute atomic E-state index is 13.9. The zero-order chi connectivity index (χ0) is 26.1. The van der Waals surface area contributed by atoms with Gasteiger partial charge in [0.25, 0.3) is 0 Å². The predicted octanol–water partition coefficient (Wildman–Crippen LogP) is 3.81. The number of morpholine rings is 1. The topological polar surface area (TPSA) is 84.9 Å². The zero-order valence-corrected chi connectivity index (χ0v) is 22.2. The van der Waals surface area contributed by atoms with Gasteiger partial charge in [-0.05, 0) is 17.5 Å². The third-order valence-electron chi connectivity index (χ3n) is 7.27. The SMILES string of the molecule is COc1ccccc1Cc1nc2c(c(N3CCOCC3)n1)CN(S(=O)(=O)c1cccc3ccccc13)CC2. The van der Waals surface area contributed by atoms with Crippen LogP contribution in [0.4, 0.5) is 5.82 Å². The lowest BCUT2D eigenvalue weighted by Gasteiger charge is -2.34. The Balaban J connectivity index is 1.38. The van der Waals surface area contributed by atoms with E-state index in [-0.39, 0.29) is 6.54 Å². The molecule has 1 saturated heterocycles. The molecule has 2 aliphatic rings. The summed E-state index contributed by atoms with van der Waals surface area (Å²) in [6.07, 6.45) is 1.06. The molecule has 38 heavy (non-hydrogen) atoms. The van der Waals surface area contributed by atoms with Crippen molar-refractivity contribution in [3.63, 3.8) is 0 Å². The quantitative estimate of drug-likeness (QED) is 0.375. The van der Waals surface area contributed by atoms with Crippen molar-refractivity contribution in [2.75, 3.05) is 44.9 Å². The average molecular weight is 531 g/mol. The summed E-state index contributed by atoms with van der Waals surface area (Å²) in [5, 5.41) is 1.64. The van der Waals surface area contributed by atoms with Crippen LogP contribution < -0.4 is 9.64 Å². The smallest absolute Gasteiger partial charge is 0.244 e. The number of methoxy groups -OCH3 is 1. The summed E-state index contributed by atoms with van der Waals surface area (Å²) >= 11 is 0. The van der Waals surface area contributed by atoms with Crippen molar-refractivity contribution in [1.29, 1.82) is 0 Å². The molecule has 196 valence electrons. The lowest BCUT2D eigenvalue weighted by Crippen LogP contribution is -2.41. The van der Waals surface area contributed by atoms with Crippen LogP contribution in [0.5, 0.6) is 5.75 Å². The summed E-state index contributed by atoms with van der Waals surface area (Å²) in [6.45, 7) is 3.23. The third kappa shape index (κ3) is 4.62. The van der Waals surface area contributed by atoms with Crippen LogP contribution in [0.15, 0.2) is 71.6 Å². The molecule has 0 radical (unpaired) electrons. The average Bonchev–Trinajstić information content (AvgIpc) is 2.97. The Morgan fingerprint density at radius 2 is 1.68 bits per heavy atom. The first-order valence-corrected chi connectivity index (χ1v) is 14.3. The second kappa shape index (κ2) is 10.3. The molecule has 3 aromatic carbocycles. The molecule has 0 N–H and O–H groups in total. The Hall–Kier alpha value is -3.53. The summed E-state index contributed by atoms with van der Waals surface area (Å²) in [6, 6.07) is 20.9. The molecule has 3 heterocycles. The third-order valence-corrected chi connectivity index (χ3v) is 9.17. The molecular weight excluding hydrogens is 500 g/mol. The van der Waals surface area contributed by atoms with Crippen LogP contribution in [0.2, 0.25) is 0 Å². The molecule has 0 unspecified atom stereocenters. The van der Waals surface area contributed by atoms with Gasteiger partial charge in [0.2, 0.25) is 10.0 Å². The molecule has 0 spiro atoms. The number of benzene rings is 3. The number of fused-ring (bicyclic) bond motifs is 2. The van der Waals surface area contributed by atoms with Crippen LogP contribution in [0, 0.1) is 0 Å². The summed E-state index contributed by atoms with van der Waals surface area (Å²) < 4.78 is 40.5. The van der Waals surface area contributed by atoms with E-state index < -0.39 is 10.0 Å². The monoisotopic (exact) mass is 530 g/mol. The summed E-state index contributed by atoms with van der Waals surface area (Å²) in [5.41, 5.74) is 2.81. The first-order chi connectivity index (χ1) is 18.5. The van der Waals surface area contributed by atoms with Gasteiger partial charge in [-0.15, -0.1) is 0 Å². The van der Waals surface area contributed by atoms with Crippen LogP contribution in [-0.2, 0) is 34.1 Å². The van der Waals surface area contributed by atoms with E-state index in [2.05, 4.69) is 4.90 Å². The fraction of sp³-hybridized carbons (Fsp3) is 0.310. The van der Waals surface area contributed by atoms with Crippen LogP contribution in [0.25, 0.3) is 10.8 Å². The summed E-state index contributed by atoms with van der Waals surface area (Å²) in [4.78, 5) is 12.5. The van der Waals surface area contributed by atoms with Gasteiger partial charge in [-0.25, -0.2) is 18.4 Å². The molecule has 4 aromatic rings. The second-order valence-electron chi connectivity index (χ2n) is 9.54. The van der Waals surface area contributed by atoms with Crippen molar-refractivity contribution in [2.24, 2.45) is 0 Å². The predicted molar refractivity (Wildman–Crippen MR) is 146 cm³/mol. The first-order valence-electron chi connectivity index (χ1n) is 12.9. The molecule has 0 atom stereocenters. The number of nitrogens with zero attached hydrogens (tertiary/aromatic N) is 4. The molecular formula is C29H30N4O4S. The number of hydrogen-bond donors (Lipinski definition) is 0. The lowest BCUT2D eigenvalue weighted by atomic mass is 10.1. The molecule has 1 aromatic heterocycles. The molecule has 0 aliphatic carbocycles. The van der Waals surface area contributed by atoms with E-state index in [9.17, 15) is 8.42 Å². The van der Waals surface area contributed by atoms with Crippen molar-refractivity contribution >= 4 is 26.6 Å². The molecule has 0 bridgehead atoms. The maximum atomic E-state index is 13.9. The highest BCUT2D eigenvalue weighted by molar-refractivity contribution is 7.89. The fourth-order valence-electron chi connectivity index (χ4n) is 5.32. The largest absolute Gasteiger partial charge is 0.496 e. The van der Waals surface area contributed by atoms with E-state index in [0.29, 0.717) is 56.4 Å². The minimum absolute atomic E-state index is 0.239. The summed E-state index contributed by atoms with van der Waals surface area (Å²) in [5.74, 6) is 2.32. The number of sulfonamides is 1. The van der Waals surface area contributed by atoms with Gasteiger partial charge in [-0.2, -0.15) is 4.31 Å². The zero-order valence-electron chi connectivity index (χ0n) is 21.3. The van der Waals surface area contributed by atoms with Gasteiger partial charge < -0.3 is 14.4 Å². The van der Waals surface area contributed by atoms with E-state index in [1.807, 2.05) is 54.6 Å². The second-order valence-corrected chi connectivity index (χ2v) is 11.4. The maximum Gasteiger partial charge on any atom is 0.244 e. The van der Waals surface area contributed by atoms with Crippen molar-refractivity contribution in [1.82, 2.24) is 14.3 Å². The Labute approximate surface area is 222 Å². The highest BCUT2D eigenvalue weighted by Gasteiger charge is 2.33. The summed E-state index contributed by atoms with van der Waals surface area (Å²) in [7, 11) is -2.07. The molecule has 6 rings (SSSR count). The van der Waals surface area contributed by atoms with Gasteiger partial charge in [0.1, 0.15) is 17.4 Å². The Morgan fingerprint density at radius 3 is 2.53 bits per heavy atom. The highest BCUT2D eigenvalue weighted by atomic mass is 32.2. The minimum Gasteiger partial charge on any atom is -0.496 e. The Bertz CT molecular complexity index is 1580. The van der Waals surface area contributed by atoms with E-state index >= 15 is 0 Å². The lowest BCUT2D eigenvalue weighted by molar-refractivity contribution is 0.122. The van der Waals surface area contributed by atoms with Gasteiger partial charge in [0, 0.05) is 55.5 Å². The van der Waals surface area contributed by atoms with Crippen molar-refractivity contribution in [3.8, 4) is 5.75 Å². The van der Waals surface area contributed by atoms with E-state index in [0.717, 1.165) is 39.2 Å². The number of anilines is 1. The molecule has 2 aliphatic heterocycles. The van der Waals surface area contributed by atoms with Crippen molar-refractivity contribution in [2.45, 2.75) is 24.3 Å². The van der Waals surface area contributed by atoms with Crippen LogP contribution in [0.1, 0.15) is 22.6 Å². The molecule has 9 heteroatoms. The van der Waals surface area contributed by atoms with E-state index in [4.69, 9.17) is 19.4 Å². The first kappa shape index (κ1) is 24.8. The van der Waals surface area contributed by atoms with Crippen molar-refractivity contribution in [3.05, 3.63) is 89.4 Å². The molecule has 0 amide bonds. The van der Waals surface area contributed by atoms with E-state index in [1.54, 1.807) is 23.5 Å². The molecule has 8 nitrogen and oxygen atoms in total. The minimum atomic E-state index is -3.73. The Morgan fingerprint density at radius 1 is 0.921 bits per heavy atom. The van der Waals surface area contributed by atoms with Gasteiger partial charge in [-0.1, -0.05) is 54.6 Å². The number of hydrogen-bond acceptors (Lipinski definition) is 7. The highest BCUT2D eigenvalue weighted by Crippen LogP contribution is 2.33. The number of rotatable bonds is 6. The number of ether oxygens (including phenoxy) is 2. The van der Waals surface area contributed by atoms with Crippen LogP contribution >= 0.6 is 0 Å². The van der Waals surface area contributed by atoms with E-state index in [1.165, 1.54) is 0 Å². The van der Waals surface area contributed by atoms with Gasteiger partial charge in [-0.3, -0.25) is 0 Å². The van der Waals surface area contributed by atoms with Crippen LogP contribution in [-0.4, -0.2) is 62.6 Å². The van der Waals surface area contributed by atoms with Crippen molar-refractivity contribution < 1.29 is 17.9 Å². The normalized spacial score (nSPS) is 16.4. The number of aromatic nitrogens is 2. The fourth-order valence-corrected chi connectivity index (χ4v) is 6.95.